The van der Waals surface area contributed by atoms with E-state index >= 15 is 0 Å². The zero-order chi connectivity index (χ0) is 13.5. The van der Waals surface area contributed by atoms with Crippen LogP contribution in [0.2, 0.25) is 0 Å². The fourth-order valence-electron chi connectivity index (χ4n) is 1.89. The zero-order valence-corrected chi connectivity index (χ0v) is 10.4. The average Bonchev–Trinajstić information content (AvgIpc) is 2.50. The Morgan fingerprint density at radius 2 is 2.11 bits per heavy atom. The van der Waals surface area contributed by atoms with Crippen LogP contribution in [0.5, 0.6) is 0 Å². The number of halogens is 1. The third kappa shape index (κ3) is 2.15. The monoisotopic (exact) mass is 270 g/mol. The second kappa shape index (κ2) is 4.20. The molecule has 0 aromatic heterocycles. The molecule has 0 fully saturated rings. The van der Waals surface area contributed by atoms with E-state index < -0.39 is 27.5 Å². The number of sulfone groups is 1. The highest BCUT2D eigenvalue weighted by molar-refractivity contribution is 7.95. The van der Waals surface area contributed by atoms with Gasteiger partial charge in [-0.15, -0.1) is 0 Å². The quantitative estimate of drug-likeness (QED) is 0.853. The molecule has 1 N–H and O–H groups in total. The van der Waals surface area contributed by atoms with Crippen LogP contribution >= 0.6 is 0 Å². The molecule has 1 aliphatic heterocycles. The highest BCUT2D eigenvalue weighted by Gasteiger charge is 2.29. The number of carbonyl (C=O) groups is 1. The Balaban J connectivity index is 2.47. The minimum Gasteiger partial charge on any atom is -0.481 e. The predicted molar refractivity (Wildman–Crippen MR) is 63.0 cm³/mol. The summed E-state index contributed by atoms with van der Waals surface area (Å²) in [6.45, 7) is 1.48. The average molecular weight is 270 g/mol. The van der Waals surface area contributed by atoms with Gasteiger partial charge in [0, 0.05) is 11.0 Å². The predicted octanol–water partition coefficient (Wildman–Crippen LogP) is 2.06. The van der Waals surface area contributed by atoms with Crippen molar-refractivity contribution in [2.75, 3.05) is 0 Å². The van der Waals surface area contributed by atoms with E-state index in [0.29, 0.717) is 5.57 Å². The maximum Gasteiger partial charge on any atom is 0.306 e. The molecule has 0 amide bonds. The highest BCUT2D eigenvalue weighted by atomic mass is 32.2. The van der Waals surface area contributed by atoms with Crippen LogP contribution in [0.25, 0.3) is 5.57 Å². The molecular formula is C12H11FO4S. The summed E-state index contributed by atoms with van der Waals surface area (Å²) in [5.41, 5.74) is 0.613. The molecule has 0 spiro atoms. The minimum absolute atomic E-state index is 0.0384. The summed E-state index contributed by atoms with van der Waals surface area (Å²) in [4.78, 5) is 10.8. The van der Waals surface area contributed by atoms with E-state index in [0.717, 1.165) is 17.5 Å². The second-order valence-corrected chi connectivity index (χ2v) is 6.04. The summed E-state index contributed by atoms with van der Waals surface area (Å²) in [6, 6.07) is 3.41. The van der Waals surface area contributed by atoms with Crippen molar-refractivity contribution in [2.24, 2.45) is 5.92 Å². The van der Waals surface area contributed by atoms with Gasteiger partial charge in [0.1, 0.15) is 5.82 Å². The lowest BCUT2D eigenvalue weighted by atomic mass is 9.97. The molecular weight excluding hydrogens is 259 g/mol. The Kier molecular flexibility index (Phi) is 2.98. The van der Waals surface area contributed by atoms with Crippen molar-refractivity contribution < 1.29 is 22.7 Å². The first kappa shape index (κ1) is 12.8. The molecule has 0 saturated heterocycles. The van der Waals surface area contributed by atoms with Crippen molar-refractivity contribution in [2.45, 2.75) is 18.2 Å². The molecule has 1 aliphatic rings. The topological polar surface area (TPSA) is 71.4 Å². The molecule has 18 heavy (non-hydrogen) atoms. The van der Waals surface area contributed by atoms with Crippen LogP contribution in [0.15, 0.2) is 28.5 Å². The molecule has 0 bridgehead atoms. The van der Waals surface area contributed by atoms with Gasteiger partial charge in [-0.2, -0.15) is 0 Å². The SMILES string of the molecule is CC(CC1=CS(=O)(=O)c2ccc(F)cc21)C(=O)O. The number of carboxylic acid groups (broad SMARTS) is 1. The lowest BCUT2D eigenvalue weighted by molar-refractivity contribution is -0.140. The van der Waals surface area contributed by atoms with Gasteiger partial charge in [-0.05, 0) is 30.2 Å². The van der Waals surface area contributed by atoms with Gasteiger partial charge in [-0.1, -0.05) is 6.92 Å². The summed E-state index contributed by atoms with van der Waals surface area (Å²) in [6.07, 6.45) is 0.0605. The first-order chi connectivity index (χ1) is 8.31. The Bertz CT molecular complexity index is 646. The van der Waals surface area contributed by atoms with E-state index in [1.807, 2.05) is 0 Å². The third-order valence-electron chi connectivity index (χ3n) is 2.84. The number of hydrogen-bond donors (Lipinski definition) is 1. The van der Waals surface area contributed by atoms with Crippen molar-refractivity contribution in [3.05, 3.63) is 35.0 Å². The Labute approximate surface area is 104 Å². The molecule has 2 rings (SSSR count). The number of benzene rings is 1. The first-order valence-electron chi connectivity index (χ1n) is 5.29. The number of aliphatic carboxylic acids is 1. The van der Waals surface area contributed by atoms with Gasteiger partial charge in [-0.3, -0.25) is 4.79 Å². The molecule has 0 aliphatic carbocycles. The van der Waals surface area contributed by atoms with Crippen molar-refractivity contribution >= 4 is 21.4 Å². The van der Waals surface area contributed by atoms with E-state index in [2.05, 4.69) is 0 Å². The molecule has 1 aromatic carbocycles. The molecule has 0 radical (unpaired) electrons. The molecule has 1 atom stereocenters. The fraction of sp³-hybridized carbons (Fsp3) is 0.250. The Morgan fingerprint density at radius 1 is 1.44 bits per heavy atom. The maximum atomic E-state index is 13.1. The number of carboxylic acids is 1. The van der Waals surface area contributed by atoms with Crippen LogP contribution in [-0.4, -0.2) is 19.5 Å². The molecule has 0 saturated carbocycles. The van der Waals surface area contributed by atoms with Gasteiger partial charge >= 0.3 is 5.97 Å². The minimum atomic E-state index is -3.56. The normalized spacial score (nSPS) is 18.0. The van der Waals surface area contributed by atoms with Crippen LogP contribution in [0.1, 0.15) is 18.9 Å². The van der Waals surface area contributed by atoms with Gasteiger partial charge in [-0.25, -0.2) is 12.8 Å². The molecule has 1 heterocycles. The fourth-order valence-corrected chi connectivity index (χ4v) is 3.37. The lowest BCUT2D eigenvalue weighted by Crippen LogP contribution is -2.09. The summed E-state index contributed by atoms with van der Waals surface area (Å²) in [5.74, 6) is -2.28. The van der Waals surface area contributed by atoms with Crippen LogP contribution in [-0.2, 0) is 14.6 Å². The Hall–Kier alpha value is -1.69. The third-order valence-corrected chi connectivity index (χ3v) is 4.40. The van der Waals surface area contributed by atoms with E-state index in [4.69, 9.17) is 5.11 Å². The van der Waals surface area contributed by atoms with Gasteiger partial charge in [0.15, 0.2) is 0 Å². The molecule has 6 heteroatoms. The number of fused-ring (bicyclic) bond motifs is 1. The van der Waals surface area contributed by atoms with Crippen LogP contribution < -0.4 is 0 Å². The maximum absolute atomic E-state index is 13.1. The van der Waals surface area contributed by atoms with Crippen molar-refractivity contribution in [3.8, 4) is 0 Å². The van der Waals surface area contributed by atoms with Crippen molar-refractivity contribution in [1.29, 1.82) is 0 Å². The molecule has 1 unspecified atom stereocenters. The summed E-state index contributed by atoms with van der Waals surface area (Å²) < 4.78 is 36.7. The molecule has 1 aromatic rings. The van der Waals surface area contributed by atoms with Gasteiger partial charge < -0.3 is 5.11 Å². The van der Waals surface area contributed by atoms with Gasteiger partial charge in [0.2, 0.25) is 9.84 Å². The number of rotatable bonds is 3. The van der Waals surface area contributed by atoms with Gasteiger partial charge in [0.25, 0.3) is 0 Å². The van der Waals surface area contributed by atoms with Crippen LogP contribution in [0, 0.1) is 11.7 Å². The molecule has 4 nitrogen and oxygen atoms in total. The van der Waals surface area contributed by atoms with E-state index in [1.165, 1.54) is 13.0 Å². The standard InChI is InChI=1S/C12H11FO4S/c1-7(12(14)15)4-8-6-18(16,17)11-3-2-9(13)5-10(8)11/h2-3,5-7H,4H2,1H3,(H,14,15). The Morgan fingerprint density at radius 3 is 2.72 bits per heavy atom. The van der Waals surface area contributed by atoms with Crippen molar-refractivity contribution in [3.63, 3.8) is 0 Å². The van der Waals surface area contributed by atoms with E-state index in [9.17, 15) is 17.6 Å². The lowest BCUT2D eigenvalue weighted by Gasteiger charge is -2.08. The second-order valence-electron chi connectivity index (χ2n) is 4.27. The highest BCUT2D eigenvalue weighted by Crippen LogP contribution is 2.37. The van der Waals surface area contributed by atoms with Crippen molar-refractivity contribution in [1.82, 2.24) is 0 Å². The van der Waals surface area contributed by atoms with Crippen LogP contribution in [0.4, 0.5) is 4.39 Å². The summed E-state index contributed by atoms with van der Waals surface area (Å²) in [7, 11) is -3.56. The number of hydrogen-bond acceptors (Lipinski definition) is 3. The van der Waals surface area contributed by atoms with Crippen LogP contribution in [0.3, 0.4) is 0 Å². The van der Waals surface area contributed by atoms with E-state index in [1.54, 1.807) is 0 Å². The smallest absolute Gasteiger partial charge is 0.306 e. The largest absolute Gasteiger partial charge is 0.481 e. The summed E-state index contributed by atoms with van der Waals surface area (Å²) >= 11 is 0. The number of allylic oxidation sites excluding steroid dienone is 1. The first-order valence-corrected chi connectivity index (χ1v) is 6.84. The van der Waals surface area contributed by atoms with E-state index in [-0.39, 0.29) is 16.9 Å². The summed E-state index contributed by atoms with van der Waals surface area (Å²) in [5, 5.41) is 9.85. The zero-order valence-electron chi connectivity index (χ0n) is 9.55. The molecule has 96 valence electrons. The van der Waals surface area contributed by atoms with Gasteiger partial charge in [0.05, 0.1) is 10.8 Å².